The summed E-state index contributed by atoms with van der Waals surface area (Å²) in [6, 6.07) is 12.3. The Morgan fingerprint density at radius 3 is 2.37 bits per heavy atom. The number of rotatable bonds is 7. The molecule has 0 saturated carbocycles. The van der Waals surface area contributed by atoms with E-state index in [1.165, 1.54) is 28.6 Å². The van der Waals surface area contributed by atoms with Crippen LogP contribution in [-0.4, -0.2) is 61.2 Å². The van der Waals surface area contributed by atoms with E-state index in [9.17, 15) is 23.3 Å². The molecule has 1 fully saturated rings. The number of carbonyl (C=O) groups is 1. The molecule has 1 aliphatic heterocycles. The average Bonchev–Trinajstić information content (AvgIpc) is 2.73. The van der Waals surface area contributed by atoms with Crippen molar-refractivity contribution in [3.63, 3.8) is 0 Å². The zero-order chi connectivity index (χ0) is 21.7. The van der Waals surface area contributed by atoms with Crippen molar-refractivity contribution in [2.45, 2.75) is 11.3 Å². The fraction of sp³-hybridized carbons (Fsp3) is 0.316. The van der Waals surface area contributed by atoms with E-state index in [0.29, 0.717) is 32.7 Å². The van der Waals surface area contributed by atoms with E-state index in [2.05, 4.69) is 5.32 Å². The van der Waals surface area contributed by atoms with Crippen LogP contribution >= 0.6 is 11.6 Å². The van der Waals surface area contributed by atoms with Gasteiger partial charge in [0.25, 0.3) is 5.69 Å². The topological polar surface area (TPSA) is 113 Å². The van der Waals surface area contributed by atoms with Gasteiger partial charge < -0.3 is 10.2 Å². The van der Waals surface area contributed by atoms with Gasteiger partial charge in [0.1, 0.15) is 10.6 Å². The molecule has 0 atom stereocenters. The van der Waals surface area contributed by atoms with E-state index in [4.69, 9.17) is 11.6 Å². The van der Waals surface area contributed by atoms with E-state index in [1.807, 2.05) is 4.90 Å². The molecule has 0 radical (unpaired) electrons. The highest BCUT2D eigenvalue weighted by Crippen LogP contribution is 2.25. The first kappa shape index (κ1) is 22.2. The predicted molar refractivity (Wildman–Crippen MR) is 113 cm³/mol. The Labute approximate surface area is 179 Å². The Morgan fingerprint density at radius 1 is 1.07 bits per heavy atom. The van der Waals surface area contributed by atoms with Crippen LogP contribution in [-0.2, 0) is 14.8 Å². The van der Waals surface area contributed by atoms with Crippen molar-refractivity contribution in [3.05, 3.63) is 63.7 Å². The number of amides is 1. The lowest BCUT2D eigenvalue weighted by Gasteiger charge is -2.33. The minimum absolute atomic E-state index is 0.0870. The number of nitro benzene ring substituents is 1. The van der Waals surface area contributed by atoms with Gasteiger partial charge in [-0.1, -0.05) is 35.9 Å². The molecular weight excluding hydrogens is 432 g/mol. The van der Waals surface area contributed by atoms with Gasteiger partial charge in [-0.25, -0.2) is 8.42 Å². The maximum atomic E-state index is 12.8. The highest BCUT2D eigenvalue weighted by molar-refractivity contribution is 7.89. The predicted octanol–water partition coefficient (Wildman–Crippen LogP) is 2.58. The Morgan fingerprint density at radius 2 is 1.70 bits per heavy atom. The van der Waals surface area contributed by atoms with Gasteiger partial charge in [-0.2, -0.15) is 4.31 Å². The third-order valence-corrected chi connectivity index (χ3v) is 7.21. The molecule has 1 heterocycles. The first-order valence-electron chi connectivity index (χ1n) is 9.29. The van der Waals surface area contributed by atoms with Crippen molar-refractivity contribution >= 4 is 38.9 Å². The monoisotopic (exact) mass is 452 g/mol. The molecule has 11 heteroatoms. The molecule has 0 aromatic heterocycles. The number of piperazine rings is 1. The zero-order valence-electron chi connectivity index (χ0n) is 16.0. The Balaban J connectivity index is 1.51. The lowest BCUT2D eigenvalue weighted by Crippen LogP contribution is -2.49. The summed E-state index contributed by atoms with van der Waals surface area (Å²) in [4.78, 5) is 24.7. The summed E-state index contributed by atoms with van der Waals surface area (Å²) in [6.45, 7) is 1.95. The molecule has 30 heavy (non-hydrogen) atoms. The molecule has 3 rings (SSSR count). The van der Waals surface area contributed by atoms with Gasteiger partial charge in [0, 0.05) is 45.2 Å². The van der Waals surface area contributed by atoms with E-state index >= 15 is 0 Å². The van der Waals surface area contributed by atoms with Crippen LogP contribution in [0.2, 0.25) is 5.02 Å². The number of hydrogen-bond acceptors (Lipinski definition) is 6. The van der Waals surface area contributed by atoms with Crippen molar-refractivity contribution in [1.29, 1.82) is 0 Å². The molecule has 1 amide bonds. The zero-order valence-corrected chi connectivity index (χ0v) is 17.6. The molecule has 1 saturated heterocycles. The van der Waals surface area contributed by atoms with Gasteiger partial charge in [0.15, 0.2) is 0 Å². The summed E-state index contributed by atoms with van der Waals surface area (Å²) < 4.78 is 26.9. The first-order chi connectivity index (χ1) is 14.3. The number of para-hydroxylation sites is 2. The minimum atomic E-state index is -3.67. The molecule has 0 aliphatic carbocycles. The quantitative estimate of drug-likeness (QED) is 0.510. The lowest BCUT2D eigenvalue weighted by atomic mass is 10.2. The number of hydrogen-bond donors (Lipinski definition) is 1. The molecule has 160 valence electrons. The second-order valence-electron chi connectivity index (χ2n) is 6.75. The summed E-state index contributed by atoms with van der Waals surface area (Å²) >= 11 is 6.04. The number of nitrogens with zero attached hydrogens (tertiary/aromatic N) is 3. The third kappa shape index (κ3) is 5.14. The van der Waals surface area contributed by atoms with Crippen LogP contribution in [0.25, 0.3) is 0 Å². The average molecular weight is 453 g/mol. The van der Waals surface area contributed by atoms with Gasteiger partial charge in [-0.15, -0.1) is 0 Å². The molecule has 9 nitrogen and oxygen atoms in total. The smallest absolute Gasteiger partial charge is 0.292 e. The van der Waals surface area contributed by atoms with Gasteiger partial charge in [0.2, 0.25) is 15.9 Å². The largest absolute Gasteiger partial charge is 0.320 e. The Bertz CT molecular complexity index is 1040. The molecule has 1 N–H and O–H groups in total. The lowest BCUT2D eigenvalue weighted by molar-refractivity contribution is -0.383. The number of anilines is 1. The van der Waals surface area contributed by atoms with Crippen LogP contribution in [0.5, 0.6) is 0 Å². The molecule has 0 bridgehead atoms. The van der Waals surface area contributed by atoms with Gasteiger partial charge in [-0.3, -0.25) is 14.9 Å². The van der Waals surface area contributed by atoms with E-state index in [1.54, 1.807) is 24.3 Å². The number of sulfonamides is 1. The normalized spacial score (nSPS) is 15.6. The summed E-state index contributed by atoms with van der Waals surface area (Å²) in [5, 5.41) is 13.8. The van der Waals surface area contributed by atoms with Crippen molar-refractivity contribution in [1.82, 2.24) is 9.21 Å². The molecule has 0 unspecified atom stereocenters. The standard InChI is InChI=1S/C19H21ClN4O5S/c20-15-5-1-4-8-18(15)30(28,29)23-13-11-22(12-14-23)10-9-19(25)21-16-6-2-3-7-17(16)24(26)27/h1-8H,9-14H2,(H,21,25). The fourth-order valence-corrected chi connectivity index (χ4v) is 5.11. The first-order valence-corrected chi connectivity index (χ1v) is 11.1. The van der Waals surface area contributed by atoms with E-state index in [0.717, 1.165) is 0 Å². The van der Waals surface area contributed by atoms with Gasteiger partial charge in [0.05, 0.1) is 9.95 Å². The number of nitro groups is 1. The van der Waals surface area contributed by atoms with E-state index in [-0.39, 0.29) is 33.6 Å². The minimum Gasteiger partial charge on any atom is -0.320 e. The summed E-state index contributed by atoms with van der Waals surface area (Å²) in [5.74, 6) is -0.338. The Hall–Kier alpha value is -2.53. The molecule has 2 aromatic rings. The Kier molecular flexibility index (Phi) is 7.03. The van der Waals surface area contributed by atoms with Gasteiger partial charge >= 0.3 is 0 Å². The molecule has 2 aromatic carbocycles. The maximum Gasteiger partial charge on any atom is 0.292 e. The molecule has 1 aliphatic rings. The second kappa shape index (κ2) is 9.52. The highest BCUT2D eigenvalue weighted by Gasteiger charge is 2.30. The van der Waals surface area contributed by atoms with Crippen LogP contribution in [0.4, 0.5) is 11.4 Å². The van der Waals surface area contributed by atoms with Crippen LogP contribution < -0.4 is 5.32 Å². The summed E-state index contributed by atoms with van der Waals surface area (Å²) in [6.07, 6.45) is 0.142. The maximum absolute atomic E-state index is 12.8. The SMILES string of the molecule is O=C(CCN1CCN(S(=O)(=O)c2ccccc2Cl)CC1)Nc1ccccc1[N+](=O)[O-]. The van der Waals surface area contributed by atoms with Gasteiger partial charge in [-0.05, 0) is 18.2 Å². The van der Waals surface area contributed by atoms with Crippen molar-refractivity contribution in [3.8, 4) is 0 Å². The number of halogens is 1. The number of carbonyl (C=O) groups excluding carboxylic acids is 1. The highest BCUT2D eigenvalue weighted by atomic mass is 35.5. The van der Waals surface area contributed by atoms with Crippen LogP contribution in [0.15, 0.2) is 53.4 Å². The number of benzene rings is 2. The van der Waals surface area contributed by atoms with E-state index < -0.39 is 14.9 Å². The third-order valence-electron chi connectivity index (χ3n) is 4.82. The second-order valence-corrected chi connectivity index (χ2v) is 9.06. The van der Waals surface area contributed by atoms with Crippen molar-refractivity contribution < 1.29 is 18.1 Å². The number of nitrogens with one attached hydrogen (secondary N) is 1. The van der Waals surface area contributed by atoms with Crippen molar-refractivity contribution in [2.24, 2.45) is 0 Å². The van der Waals surface area contributed by atoms with Crippen LogP contribution in [0.3, 0.4) is 0 Å². The van der Waals surface area contributed by atoms with Crippen molar-refractivity contribution in [2.75, 3.05) is 38.0 Å². The fourth-order valence-electron chi connectivity index (χ4n) is 3.20. The molecule has 0 spiro atoms. The van der Waals surface area contributed by atoms with Crippen LogP contribution in [0.1, 0.15) is 6.42 Å². The summed E-state index contributed by atoms with van der Waals surface area (Å²) in [7, 11) is -3.67. The van der Waals surface area contributed by atoms with Crippen LogP contribution in [0, 0.1) is 10.1 Å². The molecular formula is C19H21ClN4O5S. The summed E-state index contributed by atoms with van der Waals surface area (Å²) in [5.41, 5.74) is -0.00704.